The summed E-state index contributed by atoms with van der Waals surface area (Å²) in [6, 6.07) is 0.631. The number of ether oxygens (including phenoxy) is 2. The van der Waals surface area contributed by atoms with E-state index in [1.165, 1.54) is 116 Å². The van der Waals surface area contributed by atoms with E-state index in [9.17, 15) is 0 Å². The topological polar surface area (TPSA) is 21.7 Å². The highest BCUT2D eigenvalue weighted by molar-refractivity contribution is 4.86. The molecule has 3 heterocycles. The molecule has 3 rings (SSSR count). The van der Waals surface area contributed by atoms with E-state index in [0.29, 0.717) is 12.1 Å². The van der Waals surface area contributed by atoms with Crippen molar-refractivity contribution in [2.75, 3.05) is 26.3 Å². The fourth-order valence-electron chi connectivity index (χ4n) is 5.44. The van der Waals surface area contributed by atoms with Crippen LogP contribution in [0.1, 0.15) is 110 Å². The third kappa shape index (κ3) is 8.71. The Labute approximate surface area is 180 Å². The Morgan fingerprint density at radius 2 is 1.52 bits per heavy atom. The molecule has 0 amide bonds. The first-order valence-corrected chi connectivity index (χ1v) is 12.9. The molecule has 168 valence electrons. The molecule has 0 aliphatic carbocycles. The van der Waals surface area contributed by atoms with Crippen LogP contribution in [0.15, 0.2) is 12.2 Å². The number of allylic oxidation sites excluding steroid dienone is 2. The number of hydrogen-bond donors (Lipinski definition) is 0. The van der Waals surface area contributed by atoms with Gasteiger partial charge >= 0.3 is 0 Å². The molecule has 3 aliphatic heterocycles. The molecular weight excluding hydrogens is 358 g/mol. The van der Waals surface area contributed by atoms with Gasteiger partial charge in [0.05, 0.1) is 18.3 Å². The first-order valence-electron chi connectivity index (χ1n) is 12.9. The maximum Gasteiger partial charge on any atom is 0.0670 e. The van der Waals surface area contributed by atoms with Crippen molar-refractivity contribution in [2.45, 2.75) is 127 Å². The molecule has 0 saturated carbocycles. The quantitative estimate of drug-likeness (QED) is 0.421. The summed E-state index contributed by atoms with van der Waals surface area (Å²) in [5, 5.41) is 0. The van der Waals surface area contributed by atoms with E-state index >= 15 is 0 Å². The van der Waals surface area contributed by atoms with Crippen molar-refractivity contribution in [3.8, 4) is 0 Å². The highest BCUT2D eigenvalue weighted by Crippen LogP contribution is 2.34. The molecule has 2 fully saturated rings. The maximum atomic E-state index is 6.68. The molecule has 3 nitrogen and oxygen atoms in total. The van der Waals surface area contributed by atoms with E-state index in [2.05, 4.69) is 24.0 Å². The molecule has 3 aliphatic rings. The zero-order valence-electron chi connectivity index (χ0n) is 19.2. The first-order chi connectivity index (χ1) is 14.3. The number of piperidine rings is 1. The number of fused-ring (bicyclic) bond motifs is 3. The minimum atomic E-state index is 0.0877. The van der Waals surface area contributed by atoms with Crippen LogP contribution in [0.3, 0.4) is 0 Å². The van der Waals surface area contributed by atoms with Crippen LogP contribution in [0.4, 0.5) is 0 Å². The second kappa shape index (κ2) is 13.1. The van der Waals surface area contributed by atoms with Crippen LogP contribution in [0.25, 0.3) is 0 Å². The maximum absolute atomic E-state index is 6.68. The lowest BCUT2D eigenvalue weighted by molar-refractivity contribution is -0.129. The van der Waals surface area contributed by atoms with Crippen molar-refractivity contribution in [1.82, 2.24) is 4.90 Å². The zero-order valence-corrected chi connectivity index (χ0v) is 19.2. The number of rotatable bonds is 0. The number of nitrogens with zero attached hydrogens (tertiary/aromatic N) is 1. The Morgan fingerprint density at radius 3 is 2.41 bits per heavy atom. The average molecular weight is 406 g/mol. The third-order valence-electron chi connectivity index (χ3n) is 7.39. The largest absolute Gasteiger partial charge is 0.380 e. The minimum absolute atomic E-state index is 0.0877. The van der Waals surface area contributed by atoms with Gasteiger partial charge in [0, 0.05) is 19.2 Å². The van der Waals surface area contributed by atoms with Gasteiger partial charge in [-0.05, 0) is 90.5 Å². The standard InChI is InChI=1S/C26H47NO2/c1-26-18-14-17-25(29-26)16-10-8-6-4-2-3-5-7-9-13-22-28-23-24-15-11-12-20-27(24)21-19-26/h2,4,24-25H,3,5-23H2,1H3. The van der Waals surface area contributed by atoms with Gasteiger partial charge in [0.15, 0.2) is 0 Å². The van der Waals surface area contributed by atoms with Gasteiger partial charge in [-0.1, -0.05) is 37.8 Å². The fourth-order valence-corrected chi connectivity index (χ4v) is 5.44. The molecule has 29 heavy (non-hydrogen) atoms. The predicted molar refractivity (Wildman–Crippen MR) is 122 cm³/mol. The smallest absolute Gasteiger partial charge is 0.0670 e. The third-order valence-corrected chi connectivity index (χ3v) is 7.39. The predicted octanol–water partition coefficient (Wildman–Crippen LogP) is 6.66. The molecule has 0 aromatic carbocycles. The van der Waals surface area contributed by atoms with Crippen LogP contribution in [-0.4, -0.2) is 49.0 Å². The lowest BCUT2D eigenvalue weighted by Gasteiger charge is -2.42. The van der Waals surface area contributed by atoms with Crippen molar-refractivity contribution in [2.24, 2.45) is 0 Å². The SMILES string of the molecule is CC12CCCC(CCCCC=CCCCCCCOCC3CCCCN3CC1)O2. The summed E-state index contributed by atoms with van der Waals surface area (Å²) in [6.07, 6.45) is 26.0. The van der Waals surface area contributed by atoms with E-state index in [1.54, 1.807) is 0 Å². The van der Waals surface area contributed by atoms with Crippen LogP contribution in [0, 0.1) is 0 Å². The van der Waals surface area contributed by atoms with Crippen LogP contribution >= 0.6 is 0 Å². The molecule has 3 heteroatoms. The molecule has 0 aromatic rings. The van der Waals surface area contributed by atoms with Gasteiger partial charge in [0.2, 0.25) is 0 Å². The van der Waals surface area contributed by atoms with Gasteiger partial charge in [0.1, 0.15) is 0 Å². The van der Waals surface area contributed by atoms with Crippen molar-refractivity contribution < 1.29 is 9.47 Å². The van der Waals surface area contributed by atoms with E-state index in [4.69, 9.17) is 9.47 Å². The van der Waals surface area contributed by atoms with Crippen LogP contribution in [0.2, 0.25) is 0 Å². The monoisotopic (exact) mass is 405 g/mol. The minimum Gasteiger partial charge on any atom is -0.380 e. The second-order valence-corrected chi connectivity index (χ2v) is 10.1. The molecule has 0 radical (unpaired) electrons. The summed E-state index contributed by atoms with van der Waals surface area (Å²) in [4.78, 5) is 2.72. The van der Waals surface area contributed by atoms with Crippen LogP contribution < -0.4 is 0 Å². The van der Waals surface area contributed by atoms with E-state index in [0.717, 1.165) is 13.2 Å². The Kier molecular flexibility index (Phi) is 10.5. The highest BCUT2D eigenvalue weighted by Gasteiger charge is 2.34. The molecule has 3 atom stereocenters. The van der Waals surface area contributed by atoms with Crippen molar-refractivity contribution in [3.63, 3.8) is 0 Å². The Morgan fingerprint density at radius 1 is 0.759 bits per heavy atom. The summed E-state index contributed by atoms with van der Waals surface area (Å²) < 4.78 is 12.8. The Bertz CT molecular complexity index is 466. The lowest BCUT2D eigenvalue weighted by atomic mass is 9.88. The van der Waals surface area contributed by atoms with Crippen molar-refractivity contribution in [3.05, 3.63) is 12.2 Å². The molecule has 2 bridgehead atoms. The average Bonchev–Trinajstić information content (AvgIpc) is 2.73. The number of hydrogen-bond acceptors (Lipinski definition) is 3. The molecular formula is C26H47NO2. The van der Waals surface area contributed by atoms with Gasteiger partial charge in [-0.25, -0.2) is 0 Å². The summed E-state index contributed by atoms with van der Waals surface area (Å²) in [7, 11) is 0. The van der Waals surface area contributed by atoms with Crippen LogP contribution in [-0.2, 0) is 9.47 Å². The van der Waals surface area contributed by atoms with E-state index < -0.39 is 0 Å². The fraction of sp³-hybridized carbons (Fsp3) is 0.923. The van der Waals surface area contributed by atoms with E-state index in [-0.39, 0.29) is 5.60 Å². The Balaban J connectivity index is 1.52. The van der Waals surface area contributed by atoms with Crippen LogP contribution in [0.5, 0.6) is 0 Å². The van der Waals surface area contributed by atoms with Gasteiger partial charge in [-0.3, -0.25) is 4.90 Å². The molecule has 0 N–H and O–H groups in total. The summed E-state index contributed by atoms with van der Waals surface area (Å²) >= 11 is 0. The first kappa shape index (κ1) is 23.3. The molecule has 0 aromatic heterocycles. The lowest BCUT2D eigenvalue weighted by Crippen LogP contribution is -2.46. The molecule has 3 unspecified atom stereocenters. The van der Waals surface area contributed by atoms with Crippen molar-refractivity contribution >= 4 is 0 Å². The van der Waals surface area contributed by atoms with Gasteiger partial charge in [-0.2, -0.15) is 0 Å². The van der Waals surface area contributed by atoms with Crippen molar-refractivity contribution in [1.29, 1.82) is 0 Å². The Hall–Kier alpha value is -0.380. The van der Waals surface area contributed by atoms with Gasteiger partial charge in [0.25, 0.3) is 0 Å². The summed E-state index contributed by atoms with van der Waals surface area (Å²) in [5.74, 6) is 0. The second-order valence-electron chi connectivity index (χ2n) is 10.1. The van der Waals surface area contributed by atoms with Gasteiger partial charge in [-0.15, -0.1) is 0 Å². The zero-order chi connectivity index (χ0) is 20.2. The highest BCUT2D eigenvalue weighted by atomic mass is 16.5. The summed E-state index contributed by atoms with van der Waals surface area (Å²) in [6.45, 7) is 6.70. The molecule has 2 saturated heterocycles. The normalized spacial score (nSPS) is 35.3. The van der Waals surface area contributed by atoms with E-state index in [1.807, 2.05) is 0 Å². The molecule has 0 spiro atoms. The van der Waals surface area contributed by atoms with Gasteiger partial charge < -0.3 is 9.47 Å². The summed E-state index contributed by atoms with van der Waals surface area (Å²) in [5.41, 5.74) is 0.0877.